The number of hydrogen-bond acceptors (Lipinski definition) is 3. The van der Waals surface area contributed by atoms with Crippen molar-refractivity contribution in [3.05, 3.63) is 47.7 Å². The maximum absolute atomic E-state index is 13.5. The normalized spacial score (nSPS) is 15.5. The van der Waals surface area contributed by atoms with Crippen molar-refractivity contribution < 1.29 is 9.18 Å². The Kier molecular flexibility index (Phi) is 7.63. The minimum absolute atomic E-state index is 0.0734. The van der Waals surface area contributed by atoms with Gasteiger partial charge in [-0.05, 0) is 36.8 Å². The van der Waals surface area contributed by atoms with E-state index >= 15 is 0 Å². The molecule has 1 aromatic heterocycles. The number of Topliss-reactive ketones (excluding diaryl/α,β-unsaturated/α-hetero) is 1. The summed E-state index contributed by atoms with van der Waals surface area (Å²) in [6.45, 7) is 4.66. The summed E-state index contributed by atoms with van der Waals surface area (Å²) in [6, 6.07) is 1.50. The Hall–Kier alpha value is -1.68. The van der Waals surface area contributed by atoms with Crippen molar-refractivity contribution >= 4 is 23.1 Å². The number of carbonyl (C=O) groups is 1. The van der Waals surface area contributed by atoms with Crippen LogP contribution in [0.3, 0.4) is 0 Å². The molecule has 0 unspecified atom stereocenters. The Balaban J connectivity index is 2.19. The highest BCUT2D eigenvalue weighted by atomic mass is 35.5. The number of hydrogen-bond donors (Lipinski definition) is 0. The van der Waals surface area contributed by atoms with Crippen LogP contribution >= 0.6 is 11.6 Å². The van der Waals surface area contributed by atoms with Gasteiger partial charge >= 0.3 is 0 Å². The minimum atomic E-state index is -0.342. The highest BCUT2D eigenvalue weighted by Crippen LogP contribution is 2.26. The van der Waals surface area contributed by atoms with Crippen LogP contribution in [0.2, 0.25) is 0 Å². The number of allylic oxidation sites excluding steroid dienone is 3. The fourth-order valence-corrected chi connectivity index (χ4v) is 3.15. The van der Waals surface area contributed by atoms with Crippen molar-refractivity contribution in [1.82, 2.24) is 4.98 Å². The molecule has 0 bridgehead atoms. The highest BCUT2D eigenvalue weighted by Gasteiger charge is 2.14. The van der Waals surface area contributed by atoms with Crippen LogP contribution in [0.4, 0.5) is 10.1 Å². The van der Waals surface area contributed by atoms with Gasteiger partial charge in [-0.2, -0.15) is 0 Å². The molecule has 2 heterocycles. The summed E-state index contributed by atoms with van der Waals surface area (Å²) in [5.41, 5.74) is 2.97. The van der Waals surface area contributed by atoms with Crippen molar-refractivity contribution in [3.63, 3.8) is 0 Å². The Morgan fingerprint density at radius 2 is 2.16 bits per heavy atom. The average Bonchev–Trinajstić information content (AvgIpc) is 2.56. The zero-order chi connectivity index (χ0) is 18.2. The lowest BCUT2D eigenvalue weighted by molar-refractivity contribution is -0.121. The molecule has 1 aliphatic rings. The number of ketones is 1. The summed E-state index contributed by atoms with van der Waals surface area (Å²) < 4.78 is 13.5. The van der Waals surface area contributed by atoms with Gasteiger partial charge in [-0.1, -0.05) is 19.9 Å². The summed E-state index contributed by atoms with van der Waals surface area (Å²) in [5.74, 6) is 0.461. The fourth-order valence-electron chi connectivity index (χ4n) is 2.87. The predicted molar refractivity (Wildman–Crippen MR) is 101 cm³/mol. The molecule has 0 saturated heterocycles. The summed E-state index contributed by atoms with van der Waals surface area (Å²) >= 11 is 6.14. The number of alkyl halides is 1. The van der Waals surface area contributed by atoms with Gasteiger partial charge in [0.1, 0.15) is 11.6 Å². The molecule has 3 nitrogen and oxygen atoms in total. The predicted octanol–water partition coefficient (Wildman–Crippen LogP) is 5.27. The molecule has 0 spiro atoms. The average molecular weight is 365 g/mol. The Bertz CT molecular complexity index is 655. The molecule has 1 aliphatic heterocycles. The lowest BCUT2D eigenvalue weighted by atomic mass is 9.96. The third-order valence-corrected chi connectivity index (χ3v) is 4.69. The van der Waals surface area contributed by atoms with E-state index in [-0.39, 0.29) is 17.5 Å². The molecule has 0 saturated carbocycles. The van der Waals surface area contributed by atoms with Crippen LogP contribution in [-0.4, -0.2) is 23.2 Å². The zero-order valence-corrected chi connectivity index (χ0v) is 15.7. The fraction of sp³-hybridized carbons (Fsp3) is 0.500. The van der Waals surface area contributed by atoms with Crippen molar-refractivity contribution in [2.75, 3.05) is 17.3 Å². The van der Waals surface area contributed by atoms with Crippen LogP contribution in [0.15, 0.2) is 41.9 Å². The van der Waals surface area contributed by atoms with E-state index in [0.717, 1.165) is 49.1 Å². The maximum Gasteiger partial charge on any atom is 0.143 e. The molecule has 5 heteroatoms. The van der Waals surface area contributed by atoms with Crippen molar-refractivity contribution in [1.29, 1.82) is 0 Å². The lowest BCUT2D eigenvalue weighted by Gasteiger charge is -2.25. The summed E-state index contributed by atoms with van der Waals surface area (Å²) in [7, 11) is 0. The van der Waals surface area contributed by atoms with Crippen LogP contribution in [0, 0.1) is 11.7 Å². The molecule has 0 radical (unpaired) electrons. The quantitative estimate of drug-likeness (QED) is 0.618. The number of rotatable bonds is 7. The van der Waals surface area contributed by atoms with E-state index in [2.05, 4.69) is 11.1 Å². The lowest BCUT2D eigenvalue weighted by Crippen LogP contribution is -2.20. The molecular formula is C20H26ClFN2O. The van der Waals surface area contributed by atoms with Gasteiger partial charge in [0.15, 0.2) is 0 Å². The van der Waals surface area contributed by atoms with Crippen LogP contribution < -0.4 is 4.90 Å². The van der Waals surface area contributed by atoms with Crippen LogP contribution in [0.1, 0.15) is 46.0 Å². The first-order chi connectivity index (χ1) is 12.0. The zero-order valence-electron chi connectivity index (χ0n) is 15.0. The maximum atomic E-state index is 13.5. The highest BCUT2D eigenvalue weighted by molar-refractivity contribution is 6.19. The number of aromatic nitrogens is 1. The summed E-state index contributed by atoms with van der Waals surface area (Å²) in [4.78, 5) is 17.8. The molecule has 0 amide bonds. The van der Waals surface area contributed by atoms with E-state index in [1.54, 1.807) is 6.20 Å². The topological polar surface area (TPSA) is 33.2 Å². The standard InChI is InChI=1S/C20H26ClFN2O/c1-15(2)20(25)8-5-7-17-14-24(9-4-3-6-16(17)11-21)19-10-18(22)12-23-13-19/h6,10,12-15H,3-5,7-9,11H2,1-2H3. The molecule has 0 aromatic carbocycles. The second-order valence-corrected chi connectivity index (χ2v) is 6.96. The van der Waals surface area contributed by atoms with Crippen LogP contribution in [0.25, 0.3) is 0 Å². The van der Waals surface area contributed by atoms with E-state index in [1.807, 2.05) is 24.9 Å². The first-order valence-electron chi connectivity index (χ1n) is 8.87. The SMILES string of the molecule is CC(C)C(=O)CCCC1=CN(c2cncc(F)c2)CCCC=C1CCl. The number of carbonyl (C=O) groups excluding carboxylic acids is 1. The summed E-state index contributed by atoms with van der Waals surface area (Å²) in [5, 5.41) is 0. The Labute approximate surface area is 154 Å². The number of halogens is 2. The number of nitrogens with zero attached hydrogens (tertiary/aromatic N) is 2. The van der Waals surface area contributed by atoms with E-state index < -0.39 is 0 Å². The van der Waals surface area contributed by atoms with Crippen LogP contribution in [0.5, 0.6) is 0 Å². The van der Waals surface area contributed by atoms with E-state index in [4.69, 9.17) is 11.6 Å². The Morgan fingerprint density at radius 1 is 1.36 bits per heavy atom. The van der Waals surface area contributed by atoms with Gasteiger partial charge in [0.25, 0.3) is 0 Å². The van der Waals surface area contributed by atoms with Crippen molar-refractivity contribution in [2.24, 2.45) is 5.92 Å². The number of pyridine rings is 1. The van der Waals surface area contributed by atoms with E-state index in [0.29, 0.717) is 12.3 Å². The molecule has 1 aromatic rings. The van der Waals surface area contributed by atoms with E-state index in [1.165, 1.54) is 12.3 Å². The van der Waals surface area contributed by atoms with E-state index in [9.17, 15) is 9.18 Å². The van der Waals surface area contributed by atoms with Crippen molar-refractivity contribution in [2.45, 2.75) is 46.0 Å². The van der Waals surface area contributed by atoms with Gasteiger partial charge in [0, 0.05) is 37.0 Å². The van der Waals surface area contributed by atoms with Gasteiger partial charge < -0.3 is 4.90 Å². The monoisotopic (exact) mass is 364 g/mol. The number of anilines is 1. The second-order valence-electron chi connectivity index (χ2n) is 6.69. The first-order valence-corrected chi connectivity index (χ1v) is 9.40. The largest absolute Gasteiger partial charge is 0.346 e. The molecular weight excluding hydrogens is 339 g/mol. The van der Waals surface area contributed by atoms with Gasteiger partial charge in [-0.15, -0.1) is 11.6 Å². The molecule has 136 valence electrons. The minimum Gasteiger partial charge on any atom is -0.346 e. The van der Waals surface area contributed by atoms with Crippen LogP contribution in [-0.2, 0) is 4.79 Å². The molecule has 25 heavy (non-hydrogen) atoms. The smallest absolute Gasteiger partial charge is 0.143 e. The molecule has 0 atom stereocenters. The molecule has 0 aliphatic carbocycles. The molecule has 0 fully saturated rings. The van der Waals surface area contributed by atoms with Crippen molar-refractivity contribution in [3.8, 4) is 0 Å². The third kappa shape index (κ3) is 5.96. The Morgan fingerprint density at radius 3 is 2.84 bits per heavy atom. The second kappa shape index (κ2) is 9.71. The van der Waals surface area contributed by atoms with Gasteiger partial charge in [0.05, 0.1) is 18.1 Å². The third-order valence-electron chi connectivity index (χ3n) is 4.40. The molecule has 0 N–H and O–H groups in total. The summed E-state index contributed by atoms with van der Waals surface area (Å²) in [6.07, 6.45) is 11.2. The first kappa shape index (κ1) is 19.6. The van der Waals surface area contributed by atoms with Gasteiger partial charge in [-0.25, -0.2) is 4.39 Å². The van der Waals surface area contributed by atoms with Gasteiger partial charge in [0.2, 0.25) is 0 Å². The van der Waals surface area contributed by atoms with Gasteiger partial charge in [-0.3, -0.25) is 9.78 Å². The molecule has 2 rings (SSSR count).